The van der Waals surface area contributed by atoms with Gasteiger partial charge in [-0.3, -0.25) is 0 Å². The molecular formula is C13H18O3. The lowest BCUT2D eigenvalue weighted by Crippen LogP contribution is -2.14. The lowest BCUT2D eigenvalue weighted by atomic mass is 9.82. The molecule has 3 nitrogen and oxygen atoms in total. The Morgan fingerprint density at radius 1 is 1.31 bits per heavy atom. The van der Waals surface area contributed by atoms with Crippen LogP contribution in [-0.4, -0.2) is 25.9 Å². The van der Waals surface area contributed by atoms with E-state index in [0.717, 1.165) is 30.8 Å². The smallest absolute Gasteiger partial charge is 0.126 e. The van der Waals surface area contributed by atoms with E-state index in [9.17, 15) is 5.11 Å². The molecule has 1 atom stereocenters. The van der Waals surface area contributed by atoms with Crippen LogP contribution in [0.2, 0.25) is 0 Å². The SMILES string of the molecule is COc1cc(OC)c2c(c1)[C@@H](CO)CCC2. The summed E-state index contributed by atoms with van der Waals surface area (Å²) in [6, 6.07) is 3.94. The number of aliphatic hydroxyl groups excluding tert-OH is 1. The zero-order valence-corrected chi connectivity index (χ0v) is 9.82. The summed E-state index contributed by atoms with van der Waals surface area (Å²) in [7, 11) is 3.33. The molecule has 0 unspecified atom stereocenters. The molecule has 0 bridgehead atoms. The average Bonchev–Trinajstić information content (AvgIpc) is 2.36. The van der Waals surface area contributed by atoms with Gasteiger partial charge in [0.25, 0.3) is 0 Å². The molecule has 0 amide bonds. The maximum absolute atomic E-state index is 9.38. The first kappa shape index (κ1) is 11.3. The van der Waals surface area contributed by atoms with E-state index in [1.165, 1.54) is 11.1 Å². The number of aliphatic hydroxyl groups is 1. The van der Waals surface area contributed by atoms with Crippen molar-refractivity contribution in [3.8, 4) is 11.5 Å². The summed E-state index contributed by atoms with van der Waals surface area (Å²) in [5, 5.41) is 9.38. The van der Waals surface area contributed by atoms with Gasteiger partial charge in [0.2, 0.25) is 0 Å². The Morgan fingerprint density at radius 3 is 2.75 bits per heavy atom. The zero-order chi connectivity index (χ0) is 11.5. The third-order valence-corrected chi connectivity index (χ3v) is 3.31. The molecule has 0 aliphatic heterocycles. The molecule has 1 aromatic rings. The van der Waals surface area contributed by atoms with E-state index in [1.54, 1.807) is 14.2 Å². The number of benzene rings is 1. The predicted octanol–water partition coefficient (Wildman–Crippen LogP) is 2.12. The van der Waals surface area contributed by atoms with Gasteiger partial charge < -0.3 is 14.6 Å². The van der Waals surface area contributed by atoms with Crippen molar-refractivity contribution in [2.75, 3.05) is 20.8 Å². The fourth-order valence-electron chi connectivity index (χ4n) is 2.44. The zero-order valence-electron chi connectivity index (χ0n) is 9.82. The summed E-state index contributed by atoms with van der Waals surface area (Å²) < 4.78 is 10.6. The van der Waals surface area contributed by atoms with Crippen LogP contribution in [-0.2, 0) is 6.42 Å². The molecule has 88 valence electrons. The first-order chi connectivity index (χ1) is 7.80. The number of ether oxygens (including phenoxy) is 2. The van der Waals surface area contributed by atoms with Gasteiger partial charge in [0.15, 0.2) is 0 Å². The molecule has 0 aromatic heterocycles. The molecule has 1 aliphatic rings. The van der Waals surface area contributed by atoms with Crippen molar-refractivity contribution in [1.82, 2.24) is 0 Å². The van der Waals surface area contributed by atoms with E-state index < -0.39 is 0 Å². The lowest BCUT2D eigenvalue weighted by Gasteiger charge is -2.26. The molecule has 1 aliphatic carbocycles. The second-order valence-electron chi connectivity index (χ2n) is 4.17. The van der Waals surface area contributed by atoms with Gasteiger partial charge in [0.05, 0.1) is 14.2 Å². The first-order valence-electron chi connectivity index (χ1n) is 5.65. The number of rotatable bonds is 3. The summed E-state index contributed by atoms with van der Waals surface area (Å²) in [5.74, 6) is 1.91. The molecule has 0 fully saturated rings. The molecule has 16 heavy (non-hydrogen) atoms. The molecule has 2 rings (SSSR count). The van der Waals surface area contributed by atoms with Crippen molar-refractivity contribution in [2.45, 2.75) is 25.2 Å². The topological polar surface area (TPSA) is 38.7 Å². The van der Waals surface area contributed by atoms with Crippen LogP contribution in [0.25, 0.3) is 0 Å². The number of hydrogen-bond acceptors (Lipinski definition) is 3. The second-order valence-corrected chi connectivity index (χ2v) is 4.17. The molecule has 3 heteroatoms. The van der Waals surface area contributed by atoms with Crippen LogP contribution < -0.4 is 9.47 Å². The molecule has 0 saturated heterocycles. The van der Waals surface area contributed by atoms with E-state index in [2.05, 4.69) is 0 Å². The molecular weight excluding hydrogens is 204 g/mol. The van der Waals surface area contributed by atoms with E-state index in [4.69, 9.17) is 9.47 Å². The van der Waals surface area contributed by atoms with E-state index in [0.29, 0.717) is 0 Å². The predicted molar refractivity (Wildman–Crippen MR) is 62.3 cm³/mol. The van der Waals surface area contributed by atoms with Crippen molar-refractivity contribution >= 4 is 0 Å². The Bertz CT molecular complexity index is 374. The Kier molecular flexibility index (Phi) is 3.34. The van der Waals surface area contributed by atoms with Gasteiger partial charge in [-0.2, -0.15) is 0 Å². The van der Waals surface area contributed by atoms with Gasteiger partial charge in [-0.1, -0.05) is 0 Å². The van der Waals surface area contributed by atoms with Gasteiger partial charge >= 0.3 is 0 Å². The molecule has 0 heterocycles. The number of methoxy groups -OCH3 is 2. The highest BCUT2D eigenvalue weighted by atomic mass is 16.5. The largest absolute Gasteiger partial charge is 0.497 e. The summed E-state index contributed by atoms with van der Waals surface area (Å²) >= 11 is 0. The van der Waals surface area contributed by atoms with Gasteiger partial charge in [0, 0.05) is 18.6 Å². The average molecular weight is 222 g/mol. The Hall–Kier alpha value is -1.22. The number of fused-ring (bicyclic) bond motifs is 1. The maximum Gasteiger partial charge on any atom is 0.126 e. The third-order valence-electron chi connectivity index (χ3n) is 3.31. The second kappa shape index (κ2) is 4.74. The highest BCUT2D eigenvalue weighted by molar-refractivity contribution is 5.49. The van der Waals surface area contributed by atoms with E-state index >= 15 is 0 Å². The normalized spacial score (nSPS) is 19.1. The summed E-state index contributed by atoms with van der Waals surface area (Å²) in [6.45, 7) is 0.198. The summed E-state index contributed by atoms with van der Waals surface area (Å²) in [6.07, 6.45) is 3.18. The number of hydrogen-bond donors (Lipinski definition) is 1. The monoisotopic (exact) mass is 222 g/mol. The lowest BCUT2D eigenvalue weighted by molar-refractivity contribution is 0.251. The van der Waals surface area contributed by atoms with Crippen LogP contribution in [0, 0.1) is 0 Å². The molecule has 0 saturated carbocycles. The maximum atomic E-state index is 9.38. The first-order valence-corrected chi connectivity index (χ1v) is 5.65. The Balaban J connectivity index is 2.50. The van der Waals surface area contributed by atoms with Gasteiger partial charge in [-0.15, -0.1) is 0 Å². The molecule has 1 aromatic carbocycles. The summed E-state index contributed by atoms with van der Waals surface area (Å²) in [4.78, 5) is 0. The van der Waals surface area contributed by atoms with Gasteiger partial charge in [0.1, 0.15) is 11.5 Å². The Labute approximate surface area is 96.0 Å². The van der Waals surface area contributed by atoms with Crippen molar-refractivity contribution in [2.24, 2.45) is 0 Å². The van der Waals surface area contributed by atoms with Crippen molar-refractivity contribution in [1.29, 1.82) is 0 Å². The van der Waals surface area contributed by atoms with Gasteiger partial charge in [-0.05, 0) is 36.5 Å². The van der Waals surface area contributed by atoms with Crippen molar-refractivity contribution < 1.29 is 14.6 Å². The molecule has 0 spiro atoms. The highest BCUT2D eigenvalue weighted by Gasteiger charge is 2.23. The van der Waals surface area contributed by atoms with E-state index in [-0.39, 0.29) is 12.5 Å². The van der Waals surface area contributed by atoms with Crippen LogP contribution in [0.15, 0.2) is 12.1 Å². The summed E-state index contributed by atoms with van der Waals surface area (Å²) in [5.41, 5.74) is 2.42. The fraction of sp³-hybridized carbons (Fsp3) is 0.538. The third kappa shape index (κ3) is 1.87. The minimum Gasteiger partial charge on any atom is -0.497 e. The van der Waals surface area contributed by atoms with Gasteiger partial charge in [-0.25, -0.2) is 0 Å². The minimum absolute atomic E-state index is 0.198. The van der Waals surface area contributed by atoms with E-state index in [1.807, 2.05) is 12.1 Å². The molecule has 1 N–H and O–H groups in total. The Morgan fingerprint density at radius 2 is 2.12 bits per heavy atom. The van der Waals surface area contributed by atoms with Crippen LogP contribution in [0.3, 0.4) is 0 Å². The standard InChI is InChI=1S/C13H18O3/c1-15-10-6-12-9(8-14)4-3-5-11(12)13(7-10)16-2/h6-7,9,14H,3-5,8H2,1-2H3/t9-/m1/s1. The quantitative estimate of drug-likeness (QED) is 0.851. The fourth-order valence-corrected chi connectivity index (χ4v) is 2.44. The van der Waals surface area contributed by atoms with Crippen LogP contribution in [0.5, 0.6) is 11.5 Å². The van der Waals surface area contributed by atoms with Crippen LogP contribution in [0.4, 0.5) is 0 Å². The highest BCUT2D eigenvalue weighted by Crippen LogP contribution is 2.39. The minimum atomic E-state index is 0.198. The van der Waals surface area contributed by atoms with Crippen molar-refractivity contribution in [3.63, 3.8) is 0 Å². The van der Waals surface area contributed by atoms with Crippen LogP contribution >= 0.6 is 0 Å². The van der Waals surface area contributed by atoms with Crippen LogP contribution in [0.1, 0.15) is 29.9 Å². The van der Waals surface area contributed by atoms with Crippen molar-refractivity contribution in [3.05, 3.63) is 23.3 Å². The molecule has 0 radical (unpaired) electrons.